The van der Waals surface area contributed by atoms with Crippen LogP contribution in [0.5, 0.6) is 0 Å². The van der Waals surface area contributed by atoms with Crippen LogP contribution in [0.4, 0.5) is 10.5 Å². The maximum Gasteiger partial charge on any atom is 0.413 e. The van der Waals surface area contributed by atoms with Crippen molar-refractivity contribution in [2.45, 2.75) is 38.5 Å². The molecule has 0 radical (unpaired) electrons. The summed E-state index contributed by atoms with van der Waals surface area (Å²) >= 11 is 0. The van der Waals surface area contributed by atoms with E-state index in [2.05, 4.69) is 9.88 Å². The number of H-pyrrole nitrogens is 1. The Labute approximate surface area is 231 Å². The van der Waals surface area contributed by atoms with Crippen molar-refractivity contribution in [3.05, 3.63) is 123 Å². The monoisotopic (exact) mass is 541 g/mol. The molecule has 0 saturated carbocycles. The first kappa shape index (κ1) is 26.9. The number of hydrogen-bond donors (Lipinski definition) is 1. The van der Waals surface area contributed by atoms with Gasteiger partial charge in [0, 0.05) is 44.0 Å². The molecule has 0 aliphatic carbocycles. The molecule has 10 heteroatoms. The van der Waals surface area contributed by atoms with Gasteiger partial charge in [-0.05, 0) is 42.7 Å². The predicted octanol–water partition coefficient (Wildman–Crippen LogP) is 5.23. The van der Waals surface area contributed by atoms with Crippen LogP contribution in [0.1, 0.15) is 30.5 Å². The summed E-state index contributed by atoms with van der Waals surface area (Å²) in [6.07, 6.45) is 3.69. The summed E-state index contributed by atoms with van der Waals surface area (Å²) in [4.78, 5) is 42.6. The molecule has 3 aromatic carbocycles. The van der Waals surface area contributed by atoms with Crippen LogP contribution >= 0.6 is 0 Å². The Balaban J connectivity index is 1.22. The van der Waals surface area contributed by atoms with Crippen LogP contribution in [0, 0.1) is 10.1 Å². The van der Waals surface area contributed by atoms with Gasteiger partial charge in [-0.2, -0.15) is 0 Å². The molecule has 1 N–H and O–H groups in total. The average Bonchev–Trinajstić information content (AvgIpc) is 3.32. The van der Waals surface area contributed by atoms with E-state index in [0.717, 1.165) is 22.2 Å². The third kappa shape index (κ3) is 6.13. The molecular weight excluding hydrogens is 510 g/mol. The number of rotatable bonds is 9. The van der Waals surface area contributed by atoms with E-state index in [0.29, 0.717) is 26.1 Å². The highest BCUT2D eigenvalue weighted by molar-refractivity contribution is 5.75. The van der Waals surface area contributed by atoms with Gasteiger partial charge in [-0.3, -0.25) is 24.5 Å². The normalized spacial score (nSPS) is 15.8. The molecule has 1 aliphatic heterocycles. The first-order chi connectivity index (χ1) is 19.4. The minimum Gasteiger partial charge on any atom is -0.448 e. The quantitative estimate of drug-likeness (QED) is 0.229. The number of allylic oxidation sites excluding steroid dienone is 1. The van der Waals surface area contributed by atoms with Crippen molar-refractivity contribution in [3.8, 4) is 0 Å². The van der Waals surface area contributed by atoms with E-state index in [1.54, 1.807) is 22.9 Å². The van der Waals surface area contributed by atoms with Gasteiger partial charge in [0.25, 0.3) is 5.69 Å². The Hall–Kier alpha value is -4.70. The number of benzene rings is 3. The lowest BCUT2D eigenvalue weighted by atomic mass is 10.1. The highest BCUT2D eigenvalue weighted by Gasteiger charge is 2.24. The van der Waals surface area contributed by atoms with Crippen LogP contribution in [0.3, 0.4) is 0 Å². The second-order valence-electron chi connectivity index (χ2n) is 9.95. The summed E-state index contributed by atoms with van der Waals surface area (Å²) < 4.78 is 7.42. The number of fused-ring (bicyclic) bond motifs is 1. The predicted molar refractivity (Wildman–Crippen MR) is 152 cm³/mol. The first-order valence-electron chi connectivity index (χ1n) is 13.2. The van der Waals surface area contributed by atoms with Crippen molar-refractivity contribution in [1.29, 1.82) is 0 Å². The van der Waals surface area contributed by atoms with Crippen molar-refractivity contribution < 1.29 is 14.5 Å². The summed E-state index contributed by atoms with van der Waals surface area (Å²) in [7, 11) is 0. The number of ether oxygens (including phenoxy) is 1. The van der Waals surface area contributed by atoms with Crippen LogP contribution < -0.4 is 5.69 Å². The molecular formula is C30H31N5O5. The fourth-order valence-electron chi connectivity index (χ4n) is 4.94. The lowest BCUT2D eigenvalue weighted by molar-refractivity contribution is -0.384. The number of carbonyl (C=O) groups excluding carboxylic acids is 1. The number of hydrogen-bond acceptors (Lipinski definition) is 6. The van der Waals surface area contributed by atoms with E-state index in [9.17, 15) is 19.7 Å². The van der Waals surface area contributed by atoms with Crippen LogP contribution in [-0.2, 0) is 17.8 Å². The molecule has 1 aromatic heterocycles. The van der Waals surface area contributed by atoms with Crippen LogP contribution in [0.25, 0.3) is 11.0 Å². The molecule has 2 unspecified atom stereocenters. The minimum atomic E-state index is -0.442. The Kier molecular flexibility index (Phi) is 8.07. The van der Waals surface area contributed by atoms with Gasteiger partial charge in [0.1, 0.15) is 6.61 Å². The van der Waals surface area contributed by atoms with E-state index < -0.39 is 11.0 Å². The molecule has 10 nitrogen and oxygen atoms in total. The number of nitro groups is 1. The molecule has 0 fully saturated rings. The second kappa shape index (κ2) is 12.0. The van der Waals surface area contributed by atoms with Crippen molar-refractivity contribution in [2.24, 2.45) is 0 Å². The maximum atomic E-state index is 12.9. The topological polar surface area (TPSA) is 114 Å². The maximum absolute atomic E-state index is 12.9. The number of para-hydroxylation sites is 2. The molecule has 2 heterocycles. The van der Waals surface area contributed by atoms with E-state index in [1.165, 1.54) is 17.0 Å². The molecule has 0 bridgehead atoms. The fraction of sp³-hybridized carbons (Fsp3) is 0.267. The number of carbonyl (C=O) groups is 1. The van der Waals surface area contributed by atoms with Crippen molar-refractivity contribution in [2.75, 3.05) is 13.2 Å². The van der Waals surface area contributed by atoms with E-state index >= 15 is 0 Å². The minimum absolute atomic E-state index is 0.0479. The number of non-ortho nitro benzene ring substituents is 1. The largest absolute Gasteiger partial charge is 0.448 e. The first-order valence-corrected chi connectivity index (χ1v) is 13.2. The van der Waals surface area contributed by atoms with E-state index in [1.807, 2.05) is 67.6 Å². The number of nitrogens with zero attached hydrogens (tertiary/aromatic N) is 4. The lowest BCUT2D eigenvalue weighted by Crippen LogP contribution is -2.39. The summed E-state index contributed by atoms with van der Waals surface area (Å²) in [5, 5.41) is 11.0. The molecule has 5 rings (SSSR count). The Morgan fingerprint density at radius 1 is 1.05 bits per heavy atom. The van der Waals surface area contributed by atoms with Gasteiger partial charge in [0.2, 0.25) is 0 Å². The van der Waals surface area contributed by atoms with Gasteiger partial charge in [-0.25, -0.2) is 9.59 Å². The standard InChI is InChI=1S/C30H31N5O5/c1-22(33(19-23-7-3-2-4-8-23)20-24-11-13-26(14-12-24)35(38)39)21-40-30(37)32-17-15-25(16-18-32)34-28-10-6-5-9-27(28)31-29(34)36/h2-15,17,22,25H,16,18-21H2,1H3,(H,31,36). The number of imidazole rings is 1. The number of aromatic nitrogens is 2. The van der Waals surface area contributed by atoms with Crippen molar-refractivity contribution >= 4 is 22.8 Å². The van der Waals surface area contributed by atoms with E-state index in [4.69, 9.17) is 4.74 Å². The molecule has 0 spiro atoms. The molecule has 40 heavy (non-hydrogen) atoms. The zero-order chi connectivity index (χ0) is 28.1. The number of nitro benzene ring substituents is 1. The van der Waals surface area contributed by atoms with Gasteiger partial charge >= 0.3 is 11.8 Å². The zero-order valence-corrected chi connectivity index (χ0v) is 22.2. The average molecular weight is 542 g/mol. The highest BCUT2D eigenvalue weighted by Crippen LogP contribution is 2.23. The summed E-state index contributed by atoms with van der Waals surface area (Å²) in [5.74, 6) is 0. The molecule has 1 amide bonds. The Morgan fingerprint density at radius 2 is 1.73 bits per heavy atom. The fourth-order valence-corrected chi connectivity index (χ4v) is 4.94. The van der Waals surface area contributed by atoms with Crippen molar-refractivity contribution in [1.82, 2.24) is 19.4 Å². The van der Waals surface area contributed by atoms with Gasteiger partial charge < -0.3 is 9.72 Å². The van der Waals surface area contributed by atoms with Crippen LogP contribution in [0.2, 0.25) is 0 Å². The number of aromatic amines is 1. The highest BCUT2D eigenvalue weighted by atomic mass is 16.6. The van der Waals surface area contributed by atoms with Crippen LogP contribution in [0.15, 0.2) is 95.9 Å². The van der Waals surface area contributed by atoms with Gasteiger partial charge in [-0.1, -0.05) is 54.6 Å². The Morgan fingerprint density at radius 3 is 2.40 bits per heavy atom. The molecule has 2 atom stereocenters. The summed E-state index contributed by atoms with van der Waals surface area (Å²) in [6.45, 7) is 3.76. The van der Waals surface area contributed by atoms with Gasteiger partial charge in [0.15, 0.2) is 0 Å². The number of amides is 1. The molecule has 1 aliphatic rings. The SMILES string of the molecule is CC(COC(=O)N1C=CC(n2c(=O)[nH]c3ccccc32)CC1)N(Cc1ccccc1)Cc1ccc([N+](=O)[O-])cc1. The van der Waals surface area contributed by atoms with Gasteiger partial charge in [-0.15, -0.1) is 0 Å². The van der Waals surface area contributed by atoms with Crippen LogP contribution in [-0.4, -0.2) is 49.6 Å². The zero-order valence-electron chi connectivity index (χ0n) is 22.2. The second-order valence-corrected chi connectivity index (χ2v) is 9.95. The van der Waals surface area contributed by atoms with Gasteiger partial charge in [0.05, 0.1) is 22.0 Å². The third-order valence-corrected chi connectivity index (χ3v) is 7.18. The molecule has 206 valence electrons. The summed E-state index contributed by atoms with van der Waals surface area (Å²) in [5.41, 5.74) is 3.53. The van der Waals surface area contributed by atoms with E-state index in [-0.39, 0.29) is 30.1 Å². The third-order valence-electron chi connectivity index (χ3n) is 7.18. The molecule has 4 aromatic rings. The Bertz CT molecular complexity index is 1560. The molecule has 0 saturated heterocycles. The van der Waals surface area contributed by atoms with Crippen molar-refractivity contribution in [3.63, 3.8) is 0 Å². The lowest BCUT2D eigenvalue weighted by Gasteiger charge is -2.30. The summed E-state index contributed by atoms with van der Waals surface area (Å²) in [6, 6.07) is 23.8. The number of nitrogens with one attached hydrogen (secondary N) is 1. The smallest absolute Gasteiger partial charge is 0.413 e.